The van der Waals surface area contributed by atoms with Crippen molar-refractivity contribution in [1.29, 1.82) is 0 Å². The van der Waals surface area contributed by atoms with Crippen molar-refractivity contribution in [1.82, 2.24) is 0 Å². The van der Waals surface area contributed by atoms with Gasteiger partial charge in [-0.3, -0.25) is 9.59 Å². The van der Waals surface area contributed by atoms with Crippen LogP contribution in [-0.4, -0.2) is 28.1 Å². The smallest absolute Gasteiger partial charge is 0.310 e. The molecule has 0 radical (unpaired) electrons. The van der Waals surface area contributed by atoms with Crippen molar-refractivity contribution in [3.8, 4) is 0 Å². The van der Waals surface area contributed by atoms with E-state index < -0.39 is 23.4 Å². The van der Waals surface area contributed by atoms with Crippen molar-refractivity contribution < 1.29 is 19.8 Å². The third-order valence-corrected chi connectivity index (χ3v) is 4.74. The van der Waals surface area contributed by atoms with Crippen molar-refractivity contribution in [3.63, 3.8) is 0 Å². The summed E-state index contributed by atoms with van der Waals surface area (Å²) in [6, 6.07) is 0. The zero-order chi connectivity index (χ0) is 14.4. The number of carboxylic acids is 1. The standard InChI is InChI=1S/C15H20O4/c1-8-4-5-12(16)11-6-13(17)10(7-15(8,11)3)9(2)14(18)19/h6-9,12,16H,4-5H2,1-3H3,(H,18,19). The summed E-state index contributed by atoms with van der Waals surface area (Å²) in [5.74, 6) is -1.81. The molecule has 104 valence electrons. The molecule has 4 atom stereocenters. The van der Waals surface area contributed by atoms with Gasteiger partial charge in [0.1, 0.15) is 0 Å². The highest BCUT2D eigenvalue weighted by atomic mass is 16.4. The molecule has 0 amide bonds. The largest absolute Gasteiger partial charge is 0.481 e. The van der Waals surface area contributed by atoms with Crippen LogP contribution in [0.1, 0.15) is 33.6 Å². The molecule has 0 aliphatic heterocycles. The molecule has 0 aromatic rings. The fourth-order valence-corrected chi connectivity index (χ4v) is 3.07. The first-order chi connectivity index (χ1) is 8.77. The van der Waals surface area contributed by atoms with Crippen molar-refractivity contribution >= 4 is 11.8 Å². The molecule has 0 heterocycles. The Morgan fingerprint density at radius 3 is 2.68 bits per heavy atom. The summed E-state index contributed by atoms with van der Waals surface area (Å²) in [7, 11) is 0. The van der Waals surface area contributed by atoms with Gasteiger partial charge in [0, 0.05) is 11.0 Å². The predicted molar refractivity (Wildman–Crippen MR) is 70.5 cm³/mol. The van der Waals surface area contributed by atoms with E-state index in [1.165, 1.54) is 13.0 Å². The minimum absolute atomic E-state index is 0.282. The van der Waals surface area contributed by atoms with Gasteiger partial charge in [-0.1, -0.05) is 19.9 Å². The molecule has 0 aromatic carbocycles. The molecule has 0 spiro atoms. The third kappa shape index (κ3) is 2.14. The van der Waals surface area contributed by atoms with Crippen molar-refractivity contribution in [2.45, 2.75) is 39.7 Å². The summed E-state index contributed by atoms with van der Waals surface area (Å²) >= 11 is 0. The third-order valence-electron chi connectivity index (χ3n) is 4.74. The van der Waals surface area contributed by atoms with E-state index >= 15 is 0 Å². The molecule has 4 heteroatoms. The summed E-state index contributed by atoms with van der Waals surface area (Å²) in [4.78, 5) is 23.2. The van der Waals surface area contributed by atoms with E-state index in [0.717, 1.165) is 12.0 Å². The summed E-state index contributed by atoms with van der Waals surface area (Å²) in [5.41, 5.74) is 0.655. The zero-order valence-corrected chi connectivity index (χ0v) is 11.5. The van der Waals surface area contributed by atoms with Crippen LogP contribution >= 0.6 is 0 Å². The molecule has 2 rings (SSSR count). The van der Waals surface area contributed by atoms with Gasteiger partial charge < -0.3 is 10.2 Å². The second kappa shape index (κ2) is 4.60. The fraction of sp³-hybridized carbons (Fsp3) is 0.600. The van der Waals surface area contributed by atoms with Crippen molar-refractivity contribution in [2.75, 3.05) is 0 Å². The number of hydrogen-bond acceptors (Lipinski definition) is 3. The summed E-state index contributed by atoms with van der Waals surface area (Å²) in [5, 5.41) is 19.2. The van der Waals surface area contributed by atoms with Crippen LogP contribution in [0.25, 0.3) is 0 Å². The van der Waals surface area contributed by atoms with E-state index in [9.17, 15) is 14.7 Å². The van der Waals surface area contributed by atoms with Gasteiger partial charge in [0.25, 0.3) is 0 Å². The second-order valence-corrected chi connectivity index (χ2v) is 5.90. The Kier molecular flexibility index (Phi) is 3.39. The number of fused-ring (bicyclic) bond motifs is 1. The Balaban J connectivity index is 2.47. The number of allylic oxidation sites excluding steroid dienone is 2. The monoisotopic (exact) mass is 264 g/mol. The molecule has 0 saturated heterocycles. The van der Waals surface area contributed by atoms with Gasteiger partial charge in [-0.05, 0) is 37.3 Å². The van der Waals surface area contributed by atoms with Gasteiger partial charge in [0.05, 0.1) is 12.0 Å². The number of aliphatic hydroxyl groups excluding tert-OH is 1. The second-order valence-electron chi connectivity index (χ2n) is 5.90. The van der Waals surface area contributed by atoms with E-state index in [-0.39, 0.29) is 11.7 Å². The number of ketones is 1. The van der Waals surface area contributed by atoms with E-state index in [2.05, 4.69) is 6.92 Å². The van der Waals surface area contributed by atoms with E-state index in [4.69, 9.17) is 5.11 Å². The molecular formula is C15H20O4. The maximum absolute atomic E-state index is 12.1. The Morgan fingerprint density at radius 2 is 2.11 bits per heavy atom. The van der Waals surface area contributed by atoms with Crippen LogP contribution in [0.4, 0.5) is 0 Å². The predicted octanol–water partition coefficient (Wildman–Crippen LogP) is 1.94. The SMILES string of the molecule is CC(C(=O)O)C1=CC2(C)C(=CC1=O)C(O)CCC2C. The normalized spacial score (nSPS) is 36.1. The summed E-state index contributed by atoms with van der Waals surface area (Å²) in [6.45, 7) is 5.58. The van der Waals surface area contributed by atoms with Crippen LogP contribution in [-0.2, 0) is 9.59 Å². The molecule has 4 nitrogen and oxygen atoms in total. The molecule has 1 fully saturated rings. The van der Waals surface area contributed by atoms with Gasteiger partial charge in [-0.25, -0.2) is 0 Å². The highest BCUT2D eigenvalue weighted by molar-refractivity contribution is 6.08. The maximum atomic E-state index is 12.1. The lowest BCUT2D eigenvalue weighted by atomic mass is 9.60. The van der Waals surface area contributed by atoms with Crippen LogP contribution in [0.2, 0.25) is 0 Å². The number of aliphatic carboxylic acids is 1. The van der Waals surface area contributed by atoms with Crippen LogP contribution in [0.15, 0.2) is 23.3 Å². The van der Waals surface area contributed by atoms with Crippen LogP contribution in [0.5, 0.6) is 0 Å². The lowest BCUT2D eigenvalue weighted by Crippen LogP contribution is -2.41. The first-order valence-electron chi connectivity index (χ1n) is 6.67. The molecule has 4 unspecified atom stereocenters. The summed E-state index contributed by atoms with van der Waals surface area (Å²) < 4.78 is 0. The Morgan fingerprint density at radius 1 is 1.47 bits per heavy atom. The first kappa shape index (κ1) is 14.0. The fourth-order valence-electron chi connectivity index (χ4n) is 3.07. The maximum Gasteiger partial charge on any atom is 0.310 e. The average Bonchev–Trinajstić information content (AvgIpc) is 2.35. The molecule has 2 N–H and O–H groups in total. The van der Waals surface area contributed by atoms with Gasteiger partial charge in [0.15, 0.2) is 5.78 Å². The minimum atomic E-state index is -0.996. The van der Waals surface area contributed by atoms with E-state index in [1.807, 2.05) is 6.92 Å². The quantitative estimate of drug-likeness (QED) is 0.799. The average molecular weight is 264 g/mol. The van der Waals surface area contributed by atoms with E-state index in [0.29, 0.717) is 12.0 Å². The summed E-state index contributed by atoms with van der Waals surface area (Å²) in [6.07, 6.45) is 4.16. The highest BCUT2D eigenvalue weighted by Crippen LogP contribution is 2.49. The molecule has 2 aliphatic carbocycles. The van der Waals surface area contributed by atoms with Crippen molar-refractivity contribution in [3.05, 3.63) is 23.3 Å². The number of aliphatic hydroxyl groups is 1. The topological polar surface area (TPSA) is 74.6 Å². The zero-order valence-electron chi connectivity index (χ0n) is 11.5. The molecule has 0 bridgehead atoms. The number of rotatable bonds is 2. The number of carboxylic acid groups (broad SMARTS) is 1. The lowest BCUT2D eigenvalue weighted by Gasteiger charge is -2.44. The van der Waals surface area contributed by atoms with E-state index in [1.54, 1.807) is 6.08 Å². The Labute approximate surface area is 112 Å². The molecule has 19 heavy (non-hydrogen) atoms. The highest BCUT2D eigenvalue weighted by Gasteiger charge is 2.44. The number of carbonyl (C=O) groups is 2. The van der Waals surface area contributed by atoms with Crippen molar-refractivity contribution in [2.24, 2.45) is 17.3 Å². The van der Waals surface area contributed by atoms with Crippen LogP contribution in [0.3, 0.4) is 0 Å². The van der Waals surface area contributed by atoms with Crippen LogP contribution < -0.4 is 0 Å². The first-order valence-corrected chi connectivity index (χ1v) is 6.67. The van der Waals surface area contributed by atoms with Gasteiger partial charge in [0.2, 0.25) is 0 Å². The Bertz CT molecular complexity index is 488. The van der Waals surface area contributed by atoms with Gasteiger partial charge in [-0.15, -0.1) is 0 Å². The molecule has 1 saturated carbocycles. The van der Waals surface area contributed by atoms with Gasteiger partial charge in [-0.2, -0.15) is 0 Å². The Hall–Kier alpha value is -1.42. The molecule has 2 aliphatic rings. The minimum Gasteiger partial charge on any atom is -0.481 e. The molecule has 0 aromatic heterocycles. The number of hydrogen-bond donors (Lipinski definition) is 2. The molecular weight excluding hydrogens is 244 g/mol. The lowest BCUT2D eigenvalue weighted by molar-refractivity contribution is -0.140. The van der Waals surface area contributed by atoms with Gasteiger partial charge >= 0.3 is 5.97 Å². The van der Waals surface area contributed by atoms with Crippen LogP contribution in [0, 0.1) is 17.3 Å². The number of carbonyl (C=O) groups excluding carboxylic acids is 1.